The van der Waals surface area contributed by atoms with E-state index >= 15 is 0 Å². The van der Waals surface area contributed by atoms with Gasteiger partial charge in [-0.05, 0) is 31.9 Å². The molecule has 0 bridgehead atoms. The molecule has 3 rings (SSSR count). The second-order valence-corrected chi connectivity index (χ2v) is 5.79. The maximum atomic E-state index is 12.1. The number of benzene rings is 1. The van der Waals surface area contributed by atoms with Crippen molar-refractivity contribution in [3.8, 4) is 11.4 Å². The molecule has 0 saturated heterocycles. The smallest absolute Gasteiger partial charge is 0.251 e. The zero-order valence-corrected chi connectivity index (χ0v) is 12.5. The molecule has 6 nitrogen and oxygen atoms in total. The summed E-state index contributed by atoms with van der Waals surface area (Å²) in [5, 5.41) is 19.6. The SMILES string of the molecule is Cc1nc(-c2ccc(C(=O)NCC3CCCC3O)cc2)n[nH]1. The molecule has 1 saturated carbocycles. The van der Waals surface area contributed by atoms with Gasteiger partial charge in [-0.2, -0.15) is 5.10 Å². The van der Waals surface area contributed by atoms with Crippen LogP contribution < -0.4 is 5.32 Å². The third-order valence-corrected chi connectivity index (χ3v) is 4.15. The van der Waals surface area contributed by atoms with Crippen LogP contribution in [0.1, 0.15) is 35.4 Å². The van der Waals surface area contributed by atoms with Crippen LogP contribution in [0.25, 0.3) is 11.4 Å². The van der Waals surface area contributed by atoms with Crippen LogP contribution in [-0.2, 0) is 0 Å². The summed E-state index contributed by atoms with van der Waals surface area (Å²) in [6.45, 7) is 2.37. The lowest BCUT2D eigenvalue weighted by Crippen LogP contribution is -2.32. The molecule has 1 aromatic carbocycles. The summed E-state index contributed by atoms with van der Waals surface area (Å²) in [6.07, 6.45) is 2.57. The van der Waals surface area contributed by atoms with Crippen LogP contribution in [0, 0.1) is 12.8 Å². The summed E-state index contributed by atoms with van der Waals surface area (Å²) >= 11 is 0. The number of aliphatic hydroxyl groups is 1. The van der Waals surface area contributed by atoms with Gasteiger partial charge in [0, 0.05) is 23.6 Å². The molecule has 1 heterocycles. The van der Waals surface area contributed by atoms with E-state index in [0.29, 0.717) is 17.9 Å². The lowest BCUT2D eigenvalue weighted by atomic mass is 10.1. The van der Waals surface area contributed by atoms with Gasteiger partial charge in [-0.3, -0.25) is 9.89 Å². The van der Waals surface area contributed by atoms with Gasteiger partial charge in [0.2, 0.25) is 0 Å². The minimum Gasteiger partial charge on any atom is -0.393 e. The van der Waals surface area contributed by atoms with Crippen LogP contribution >= 0.6 is 0 Å². The molecule has 1 aliphatic carbocycles. The maximum Gasteiger partial charge on any atom is 0.251 e. The van der Waals surface area contributed by atoms with Gasteiger partial charge in [-0.25, -0.2) is 4.98 Å². The van der Waals surface area contributed by atoms with Gasteiger partial charge in [0.05, 0.1) is 6.10 Å². The van der Waals surface area contributed by atoms with E-state index in [9.17, 15) is 9.90 Å². The molecule has 0 spiro atoms. The molecule has 2 aromatic rings. The fraction of sp³-hybridized carbons (Fsp3) is 0.438. The number of H-pyrrole nitrogens is 1. The average Bonchev–Trinajstić information content (AvgIpc) is 3.13. The minimum absolute atomic E-state index is 0.114. The Labute approximate surface area is 129 Å². The zero-order valence-electron chi connectivity index (χ0n) is 12.5. The summed E-state index contributed by atoms with van der Waals surface area (Å²) < 4.78 is 0. The van der Waals surface area contributed by atoms with Crippen LogP contribution in [0.5, 0.6) is 0 Å². The van der Waals surface area contributed by atoms with Gasteiger partial charge < -0.3 is 10.4 Å². The second kappa shape index (κ2) is 6.27. The van der Waals surface area contributed by atoms with Crippen molar-refractivity contribution in [2.24, 2.45) is 5.92 Å². The Bertz CT molecular complexity index is 650. The van der Waals surface area contributed by atoms with Crippen LogP contribution in [-0.4, -0.2) is 38.8 Å². The van der Waals surface area contributed by atoms with Crippen molar-refractivity contribution in [1.29, 1.82) is 0 Å². The van der Waals surface area contributed by atoms with Crippen molar-refractivity contribution in [2.45, 2.75) is 32.3 Å². The maximum absolute atomic E-state index is 12.1. The largest absolute Gasteiger partial charge is 0.393 e. The molecule has 1 amide bonds. The van der Waals surface area contributed by atoms with Crippen LogP contribution in [0.4, 0.5) is 0 Å². The Kier molecular flexibility index (Phi) is 4.20. The first-order valence-corrected chi connectivity index (χ1v) is 7.59. The number of rotatable bonds is 4. The number of nitrogens with zero attached hydrogens (tertiary/aromatic N) is 2. The van der Waals surface area contributed by atoms with Crippen molar-refractivity contribution < 1.29 is 9.90 Å². The van der Waals surface area contributed by atoms with Crippen molar-refractivity contribution in [2.75, 3.05) is 6.54 Å². The monoisotopic (exact) mass is 300 g/mol. The number of aliphatic hydroxyl groups excluding tert-OH is 1. The first kappa shape index (κ1) is 14.7. The number of carbonyl (C=O) groups is 1. The fourth-order valence-electron chi connectivity index (χ4n) is 2.82. The van der Waals surface area contributed by atoms with Crippen molar-refractivity contribution in [3.63, 3.8) is 0 Å². The molecular formula is C16H20N4O2. The fourth-order valence-corrected chi connectivity index (χ4v) is 2.82. The van der Waals surface area contributed by atoms with Gasteiger partial charge in [0.25, 0.3) is 5.91 Å². The van der Waals surface area contributed by atoms with Crippen molar-refractivity contribution >= 4 is 5.91 Å². The molecule has 0 radical (unpaired) electrons. The molecule has 0 aliphatic heterocycles. The number of hydrogen-bond donors (Lipinski definition) is 3. The molecule has 22 heavy (non-hydrogen) atoms. The van der Waals surface area contributed by atoms with E-state index < -0.39 is 0 Å². The Balaban J connectivity index is 1.61. The van der Waals surface area contributed by atoms with E-state index in [2.05, 4.69) is 20.5 Å². The minimum atomic E-state index is -0.281. The molecule has 1 aliphatic rings. The van der Waals surface area contributed by atoms with Gasteiger partial charge in [-0.15, -0.1) is 0 Å². The Morgan fingerprint density at radius 1 is 1.36 bits per heavy atom. The van der Waals surface area contributed by atoms with Crippen LogP contribution in [0.2, 0.25) is 0 Å². The highest BCUT2D eigenvalue weighted by Crippen LogP contribution is 2.24. The lowest BCUT2D eigenvalue weighted by molar-refractivity contribution is 0.0917. The van der Waals surface area contributed by atoms with E-state index in [1.165, 1.54) is 0 Å². The van der Waals surface area contributed by atoms with Gasteiger partial charge in [0.15, 0.2) is 5.82 Å². The molecule has 2 unspecified atom stereocenters. The highest BCUT2D eigenvalue weighted by atomic mass is 16.3. The first-order chi connectivity index (χ1) is 10.6. The van der Waals surface area contributed by atoms with E-state index in [1.54, 1.807) is 12.1 Å². The number of amides is 1. The summed E-state index contributed by atoms with van der Waals surface area (Å²) in [6, 6.07) is 7.20. The van der Waals surface area contributed by atoms with Crippen LogP contribution in [0.15, 0.2) is 24.3 Å². The number of nitrogens with one attached hydrogen (secondary N) is 2. The first-order valence-electron chi connectivity index (χ1n) is 7.59. The second-order valence-electron chi connectivity index (χ2n) is 5.79. The van der Waals surface area contributed by atoms with Crippen molar-refractivity contribution in [1.82, 2.24) is 20.5 Å². The average molecular weight is 300 g/mol. The van der Waals surface area contributed by atoms with Gasteiger partial charge in [0.1, 0.15) is 5.82 Å². The molecule has 2 atom stereocenters. The van der Waals surface area contributed by atoms with E-state index in [0.717, 1.165) is 30.7 Å². The molecule has 1 fully saturated rings. The lowest BCUT2D eigenvalue weighted by Gasteiger charge is -2.15. The normalized spacial score (nSPS) is 21.0. The summed E-state index contributed by atoms with van der Waals surface area (Å²) in [7, 11) is 0. The highest BCUT2D eigenvalue weighted by Gasteiger charge is 2.25. The molecule has 1 aromatic heterocycles. The molecule has 116 valence electrons. The Morgan fingerprint density at radius 2 is 2.14 bits per heavy atom. The standard InChI is InChI=1S/C16H20N4O2/c1-10-18-15(20-19-10)11-5-7-12(8-6-11)16(22)17-9-13-3-2-4-14(13)21/h5-8,13-14,21H,2-4,9H2,1H3,(H,17,22)(H,18,19,20). The third kappa shape index (κ3) is 3.17. The van der Waals surface area contributed by atoms with E-state index in [4.69, 9.17) is 0 Å². The summed E-state index contributed by atoms with van der Waals surface area (Å²) in [5.41, 5.74) is 1.47. The van der Waals surface area contributed by atoms with E-state index in [1.807, 2.05) is 19.1 Å². The number of aromatic amines is 1. The van der Waals surface area contributed by atoms with E-state index in [-0.39, 0.29) is 17.9 Å². The number of aromatic nitrogens is 3. The third-order valence-electron chi connectivity index (χ3n) is 4.15. The predicted octanol–water partition coefficient (Wildman–Crippen LogP) is 1.67. The molecular weight excluding hydrogens is 280 g/mol. The van der Waals surface area contributed by atoms with Gasteiger partial charge >= 0.3 is 0 Å². The topological polar surface area (TPSA) is 90.9 Å². The van der Waals surface area contributed by atoms with Crippen molar-refractivity contribution in [3.05, 3.63) is 35.7 Å². The number of hydrogen-bond acceptors (Lipinski definition) is 4. The Morgan fingerprint density at radius 3 is 2.73 bits per heavy atom. The Hall–Kier alpha value is -2.21. The van der Waals surface area contributed by atoms with Gasteiger partial charge in [-0.1, -0.05) is 18.6 Å². The zero-order chi connectivity index (χ0) is 15.5. The highest BCUT2D eigenvalue weighted by molar-refractivity contribution is 5.94. The summed E-state index contributed by atoms with van der Waals surface area (Å²) in [5.74, 6) is 1.45. The molecule has 6 heteroatoms. The molecule has 3 N–H and O–H groups in total. The number of aryl methyl sites for hydroxylation is 1. The van der Waals surface area contributed by atoms with Crippen LogP contribution in [0.3, 0.4) is 0 Å². The predicted molar refractivity (Wildman–Crippen MR) is 82.2 cm³/mol. The number of carbonyl (C=O) groups excluding carboxylic acids is 1. The quantitative estimate of drug-likeness (QED) is 0.801. The summed E-state index contributed by atoms with van der Waals surface area (Å²) in [4.78, 5) is 16.4.